The molecule has 0 radical (unpaired) electrons. The van der Waals surface area contributed by atoms with E-state index in [1.807, 2.05) is 0 Å². The van der Waals surface area contributed by atoms with Gasteiger partial charge in [0.1, 0.15) is 0 Å². The minimum absolute atomic E-state index is 0.884. The van der Waals surface area contributed by atoms with E-state index in [9.17, 15) is 0 Å². The molecule has 0 aromatic rings. The van der Waals surface area contributed by atoms with Gasteiger partial charge in [0, 0.05) is 23.9 Å². The van der Waals surface area contributed by atoms with Crippen molar-refractivity contribution in [2.24, 2.45) is 5.92 Å². The summed E-state index contributed by atoms with van der Waals surface area (Å²) in [6.07, 6.45) is 10.9. The van der Waals surface area contributed by atoms with E-state index in [4.69, 9.17) is 0 Å². The quantitative estimate of drug-likeness (QED) is 0.811. The maximum absolute atomic E-state index is 3.70. The molecule has 98 valence electrons. The summed E-state index contributed by atoms with van der Waals surface area (Å²) in [5.41, 5.74) is 0. The SMILES string of the molecule is CSC1CCCC1N1CCC(CNC2CC2)C1. The molecular formula is C14H26N2S. The summed E-state index contributed by atoms with van der Waals surface area (Å²) in [4.78, 5) is 2.80. The van der Waals surface area contributed by atoms with Crippen LogP contribution in [0, 0.1) is 5.92 Å². The summed E-state index contributed by atoms with van der Waals surface area (Å²) in [6.45, 7) is 4.00. The van der Waals surface area contributed by atoms with Gasteiger partial charge in [-0.3, -0.25) is 4.90 Å². The van der Waals surface area contributed by atoms with Crippen molar-refractivity contribution >= 4 is 11.8 Å². The van der Waals surface area contributed by atoms with Crippen molar-refractivity contribution in [1.29, 1.82) is 0 Å². The maximum atomic E-state index is 3.70. The summed E-state index contributed by atoms with van der Waals surface area (Å²) in [5.74, 6) is 0.929. The minimum Gasteiger partial charge on any atom is -0.314 e. The Hall–Kier alpha value is 0.270. The molecule has 1 heterocycles. The number of thioether (sulfide) groups is 1. The molecule has 0 amide bonds. The number of rotatable bonds is 5. The monoisotopic (exact) mass is 254 g/mol. The van der Waals surface area contributed by atoms with E-state index in [1.54, 1.807) is 0 Å². The first-order valence-corrected chi connectivity index (χ1v) is 8.66. The molecule has 3 heteroatoms. The molecule has 2 saturated carbocycles. The maximum Gasteiger partial charge on any atom is 0.0214 e. The smallest absolute Gasteiger partial charge is 0.0214 e. The predicted octanol–water partition coefficient (Wildman–Crippen LogP) is 2.34. The van der Waals surface area contributed by atoms with Crippen LogP contribution in [-0.4, -0.2) is 48.1 Å². The average Bonchev–Trinajstić information content (AvgIpc) is 2.89. The molecule has 3 aliphatic rings. The fourth-order valence-electron chi connectivity index (χ4n) is 3.55. The van der Waals surface area contributed by atoms with Gasteiger partial charge < -0.3 is 5.32 Å². The number of hydrogen-bond donors (Lipinski definition) is 1. The van der Waals surface area contributed by atoms with Gasteiger partial charge in [-0.25, -0.2) is 0 Å². The van der Waals surface area contributed by atoms with Gasteiger partial charge in [-0.05, 0) is 57.4 Å². The molecule has 3 fully saturated rings. The Bertz CT molecular complexity index is 255. The van der Waals surface area contributed by atoms with Crippen LogP contribution in [0.3, 0.4) is 0 Å². The number of likely N-dealkylation sites (tertiary alicyclic amines) is 1. The van der Waals surface area contributed by atoms with Gasteiger partial charge in [-0.2, -0.15) is 11.8 Å². The van der Waals surface area contributed by atoms with Gasteiger partial charge in [-0.1, -0.05) is 6.42 Å². The first kappa shape index (κ1) is 12.3. The molecule has 0 aromatic carbocycles. The third-order valence-electron chi connectivity index (χ3n) is 4.78. The zero-order chi connectivity index (χ0) is 11.7. The van der Waals surface area contributed by atoms with Crippen LogP contribution in [-0.2, 0) is 0 Å². The summed E-state index contributed by atoms with van der Waals surface area (Å²) in [6, 6.07) is 1.78. The topological polar surface area (TPSA) is 15.3 Å². The van der Waals surface area contributed by atoms with Crippen LogP contribution in [0.15, 0.2) is 0 Å². The summed E-state index contributed by atoms with van der Waals surface area (Å²) in [7, 11) is 0. The van der Waals surface area contributed by atoms with Crippen LogP contribution < -0.4 is 5.32 Å². The van der Waals surface area contributed by atoms with Crippen LogP contribution >= 0.6 is 11.8 Å². The Morgan fingerprint density at radius 2 is 2.06 bits per heavy atom. The van der Waals surface area contributed by atoms with Crippen molar-refractivity contribution in [1.82, 2.24) is 10.2 Å². The third kappa shape index (κ3) is 2.99. The zero-order valence-electron chi connectivity index (χ0n) is 11.0. The Labute approximate surface area is 110 Å². The molecule has 2 aliphatic carbocycles. The lowest BCUT2D eigenvalue weighted by atomic mass is 10.1. The normalized spacial score (nSPS) is 39.0. The van der Waals surface area contributed by atoms with Crippen LogP contribution in [0.25, 0.3) is 0 Å². The van der Waals surface area contributed by atoms with Crippen molar-refractivity contribution in [3.05, 3.63) is 0 Å². The van der Waals surface area contributed by atoms with Crippen molar-refractivity contribution in [2.45, 2.75) is 55.9 Å². The number of hydrogen-bond acceptors (Lipinski definition) is 3. The second-order valence-corrected chi connectivity index (χ2v) is 7.18. The van der Waals surface area contributed by atoms with E-state index >= 15 is 0 Å². The van der Waals surface area contributed by atoms with Gasteiger partial charge in [-0.15, -0.1) is 0 Å². The van der Waals surface area contributed by atoms with Crippen LogP contribution in [0.4, 0.5) is 0 Å². The second-order valence-electron chi connectivity index (χ2n) is 6.10. The van der Waals surface area contributed by atoms with Crippen LogP contribution in [0.2, 0.25) is 0 Å². The molecule has 3 atom stereocenters. The summed E-state index contributed by atoms with van der Waals surface area (Å²) in [5, 5.41) is 4.62. The highest BCUT2D eigenvalue weighted by Crippen LogP contribution is 2.34. The highest BCUT2D eigenvalue weighted by atomic mass is 32.2. The van der Waals surface area contributed by atoms with Crippen molar-refractivity contribution in [2.75, 3.05) is 25.9 Å². The third-order valence-corrected chi connectivity index (χ3v) is 5.93. The molecule has 17 heavy (non-hydrogen) atoms. The van der Waals surface area contributed by atoms with Gasteiger partial charge in [0.05, 0.1) is 0 Å². The Balaban J connectivity index is 1.45. The van der Waals surface area contributed by atoms with Gasteiger partial charge in [0.2, 0.25) is 0 Å². The Morgan fingerprint density at radius 1 is 1.18 bits per heavy atom. The van der Waals surface area contributed by atoms with Crippen LogP contribution in [0.1, 0.15) is 38.5 Å². The Kier molecular flexibility index (Phi) is 3.98. The van der Waals surface area contributed by atoms with E-state index in [2.05, 4.69) is 28.2 Å². The van der Waals surface area contributed by atoms with E-state index in [-0.39, 0.29) is 0 Å². The predicted molar refractivity (Wildman–Crippen MR) is 75.6 cm³/mol. The number of nitrogens with one attached hydrogen (secondary N) is 1. The molecule has 0 bridgehead atoms. The summed E-state index contributed by atoms with van der Waals surface area (Å²) >= 11 is 2.10. The molecular weight excluding hydrogens is 228 g/mol. The lowest BCUT2D eigenvalue weighted by Crippen LogP contribution is -2.38. The second kappa shape index (κ2) is 5.50. The molecule has 1 saturated heterocycles. The van der Waals surface area contributed by atoms with Crippen molar-refractivity contribution in [3.8, 4) is 0 Å². The first-order chi connectivity index (χ1) is 8.36. The van der Waals surface area contributed by atoms with Crippen molar-refractivity contribution < 1.29 is 0 Å². The standard InChI is InChI=1S/C14H26N2S/c1-17-14-4-2-3-13(14)16-8-7-11(10-16)9-15-12-5-6-12/h11-15H,2-10H2,1H3. The highest BCUT2D eigenvalue weighted by molar-refractivity contribution is 7.99. The summed E-state index contributed by atoms with van der Waals surface area (Å²) < 4.78 is 0. The largest absolute Gasteiger partial charge is 0.314 e. The van der Waals surface area contributed by atoms with E-state index in [0.29, 0.717) is 0 Å². The average molecular weight is 254 g/mol. The highest BCUT2D eigenvalue weighted by Gasteiger charge is 2.35. The fraction of sp³-hybridized carbons (Fsp3) is 1.00. The molecule has 1 aliphatic heterocycles. The van der Waals surface area contributed by atoms with E-state index < -0.39 is 0 Å². The molecule has 0 spiro atoms. The van der Waals surface area contributed by atoms with E-state index in [0.717, 1.165) is 23.3 Å². The molecule has 0 aromatic heterocycles. The zero-order valence-corrected chi connectivity index (χ0v) is 11.8. The fourth-order valence-corrected chi connectivity index (χ4v) is 4.58. The van der Waals surface area contributed by atoms with Gasteiger partial charge in [0.25, 0.3) is 0 Å². The first-order valence-electron chi connectivity index (χ1n) is 7.37. The van der Waals surface area contributed by atoms with Gasteiger partial charge >= 0.3 is 0 Å². The lowest BCUT2D eigenvalue weighted by Gasteiger charge is -2.28. The van der Waals surface area contributed by atoms with Crippen molar-refractivity contribution in [3.63, 3.8) is 0 Å². The molecule has 2 nitrogen and oxygen atoms in total. The molecule has 3 unspecified atom stereocenters. The van der Waals surface area contributed by atoms with Gasteiger partial charge in [0.15, 0.2) is 0 Å². The molecule has 3 rings (SSSR count). The number of nitrogens with zero attached hydrogens (tertiary/aromatic N) is 1. The van der Waals surface area contributed by atoms with E-state index in [1.165, 1.54) is 58.2 Å². The Morgan fingerprint density at radius 3 is 2.82 bits per heavy atom. The molecule has 1 N–H and O–H groups in total. The lowest BCUT2D eigenvalue weighted by molar-refractivity contribution is 0.240. The van der Waals surface area contributed by atoms with Crippen LogP contribution in [0.5, 0.6) is 0 Å². The minimum atomic E-state index is 0.884.